The molecule has 5 amide bonds. The predicted molar refractivity (Wildman–Crippen MR) is 205 cm³/mol. The van der Waals surface area contributed by atoms with Gasteiger partial charge in [-0.15, -0.1) is 0 Å². The van der Waals surface area contributed by atoms with E-state index in [1.165, 1.54) is 31.2 Å². The summed E-state index contributed by atoms with van der Waals surface area (Å²) in [5, 5.41) is 21.7. The molecule has 57 heavy (non-hydrogen) atoms. The summed E-state index contributed by atoms with van der Waals surface area (Å²) in [7, 11) is 0. The minimum atomic E-state index is -1.73. The second-order valence-electron chi connectivity index (χ2n) is 13.1. The number of carbonyl (C=O) groups is 6. The molecule has 20 heteroatoms. The van der Waals surface area contributed by atoms with Crippen molar-refractivity contribution in [2.24, 2.45) is 22.2 Å². The van der Waals surface area contributed by atoms with Gasteiger partial charge in [-0.05, 0) is 86.7 Å². The van der Waals surface area contributed by atoms with E-state index in [2.05, 4.69) is 31.6 Å². The molecule has 2 aromatic carbocycles. The fraction of sp³-hybridized carbons (Fsp3) is 0.378. The molecular formula is C37H47N9O11. The summed E-state index contributed by atoms with van der Waals surface area (Å²) in [6.45, 7) is 1.16. The number of rotatable bonds is 21. The summed E-state index contributed by atoms with van der Waals surface area (Å²) in [5.74, 6) is -2.99. The molecule has 0 spiro atoms. The Labute approximate surface area is 327 Å². The number of fused-ring (bicyclic) bond motifs is 2. The van der Waals surface area contributed by atoms with Crippen LogP contribution in [0.2, 0.25) is 0 Å². The molecule has 2 aromatic rings. The van der Waals surface area contributed by atoms with Crippen molar-refractivity contribution < 1.29 is 52.8 Å². The lowest BCUT2D eigenvalue weighted by Gasteiger charge is -2.31. The maximum atomic E-state index is 13.7. The van der Waals surface area contributed by atoms with Crippen LogP contribution >= 0.6 is 0 Å². The van der Waals surface area contributed by atoms with E-state index in [0.29, 0.717) is 40.5 Å². The number of carbonyl (C=O) groups excluding carboxylic acids is 5. The first-order valence-corrected chi connectivity index (χ1v) is 17.9. The van der Waals surface area contributed by atoms with Crippen LogP contribution in [0.3, 0.4) is 0 Å². The number of nitrogens with one attached hydrogen (secondary N) is 5. The van der Waals surface area contributed by atoms with E-state index in [4.69, 9.17) is 41.3 Å². The molecule has 0 aliphatic carbocycles. The van der Waals surface area contributed by atoms with Gasteiger partial charge < -0.3 is 67.8 Å². The summed E-state index contributed by atoms with van der Waals surface area (Å²) in [6.07, 6.45) is 5.48. The summed E-state index contributed by atoms with van der Waals surface area (Å²) in [5.41, 5.74) is 16.0. The highest BCUT2D eigenvalue weighted by Gasteiger charge is 2.33. The molecule has 2 aliphatic rings. The van der Waals surface area contributed by atoms with Crippen LogP contribution in [0.25, 0.3) is 12.2 Å². The van der Waals surface area contributed by atoms with Gasteiger partial charge in [0, 0.05) is 18.7 Å². The van der Waals surface area contributed by atoms with Gasteiger partial charge in [0.05, 0.1) is 6.42 Å². The first-order chi connectivity index (χ1) is 27.2. The summed E-state index contributed by atoms with van der Waals surface area (Å²) in [4.78, 5) is 81.6. The van der Waals surface area contributed by atoms with Crippen molar-refractivity contribution in [3.63, 3.8) is 0 Å². The van der Waals surface area contributed by atoms with Crippen molar-refractivity contribution in [2.75, 3.05) is 33.2 Å². The third kappa shape index (κ3) is 14.1. The third-order valence-corrected chi connectivity index (χ3v) is 8.30. The van der Waals surface area contributed by atoms with Gasteiger partial charge in [-0.25, -0.2) is 0 Å². The number of nitrogens with zero attached hydrogens (tertiary/aromatic N) is 1. The van der Waals surface area contributed by atoms with Crippen molar-refractivity contribution in [1.29, 1.82) is 0 Å². The minimum Gasteiger partial charge on any atom is -0.480 e. The smallest absolute Gasteiger partial charge is 0.322 e. The van der Waals surface area contributed by atoms with Crippen LogP contribution in [0.5, 0.6) is 23.0 Å². The Morgan fingerprint density at radius 3 is 1.84 bits per heavy atom. The first kappa shape index (κ1) is 42.9. The van der Waals surface area contributed by atoms with Gasteiger partial charge in [-0.1, -0.05) is 12.1 Å². The molecule has 2 heterocycles. The number of carboxylic acids is 1. The summed E-state index contributed by atoms with van der Waals surface area (Å²) >= 11 is 0. The average Bonchev–Trinajstić information content (AvgIpc) is 3.84. The summed E-state index contributed by atoms with van der Waals surface area (Å²) in [6, 6.07) is 7.72. The third-order valence-electron chi connectivity index (χ3n) is 8.30. The van der Waals surface area contributed by atoms with Crippen LogP contribution in [0.4, 0.5) is 0 Å². The standard InChI is InChI=1S/C37H47N9O11/c1-37(45-30(47)12-8-22-6-10-26-28(16-22)56-20-54-26,46-31(48)13-9-23-7-11-27-29(17-23)57-21-55-27)18-32(49)43-25(5-3-15-41-36(39)40)35(53)44-24(4-2-14-38)34(52)42-19-33(50)51/h6-13,16-17,24-25H,2-5,14-15,18-21,38H2,1H3,(H,42,52)(H,43,49)(H,44,53)(H,45,47)(H,46,48)(H,50,51)(H4,39,40,41)/b12-8+,13-9+/t24-,25-/m0/s1. The van der Waals surface area contributed by atoms with Gasteiger partial charge in [-0.2, -0.15) is 0 Å². The highest BCUT2D eigenvalue weighted by molar-refractivity contribution is 5.97. The zero-order valence-electron chi connectivity index (χ0n) is 31.2. The lowest BCUT2D eigenvalue weighted by atomic mass is 10.0. The maximum absolute atomic E-state index is 13.7. The van der Waals surface area contributed by atoms with E-state index in [1.54, 1.807) is 36.4 Å². The number of hydrogen-bond donors (Lipinski definition) is 9. The van der Waals surface area contributed by atoms with Gasteiger partial charge in [0.25, 0.3) is 0 Å². The number of nitrogens with two attached hydrogens (primary N) is 3. The first-order valence-electron chi connectivity index (χ1n) is 17.9. The molecule has 4 rings (SSSR count). The second-order valence-corrected chi connectivity index (χ2v) is 13.1. The molecule has 0 aromatic heterocycles. The zero-order valence-corrected chi connectivity index (χ0v) is 31.2. The summed E-state index contributed by atoms with van der Waals surface area (Å²) < 4.78 is 21.4. The van der Waals surface area contributed by atoms with E-state index in [1.807, 2.05) is 0 Å². The fourth-order valence-corrected chi connectivity index (χ4v) is 5.61. The van der Waals surface area contributed by atoms with Crippen LogP contribution in [0.15, 0.2) is 53.5 Å². The Morgan fingerprint density at radius 2 is 1.32 bits per heavy atom. The van der Waals surface area contributed by atoms with Gasteiger partial charge in [-0.3, -0.25) is 33.8 Å². The molecule has 12 N–H and O–H groups in total. The molecular weight excluding hydrogens is 746 g/mol. The lowest BCUT2D eigenvalue weighted by molar-refractivity contribution is -0.138. The molecule has 2 atom stereocenters. The number of amides is 5. The Hall–Kier alpha value is -6.83. The van der Waals surface area contributed by atoms with Gasteiger partial charge >= 0.3 is 5.97 Å². The van der Waals surface area contributed by atoms with Crippen LogP contribution in [-0.4, -0.2) is 97.5 Å². The van der Waals surface area contributed by atoms with Gasteiger partial charge in [0.2, 0.25) is 43.1 Å². The van der Waals surface area contributed by atoms with Crippen molar-refractivity contribution in [2.45, 2.75) is 56.8 Å². The highest BCUT2D eigenvalue weighted by Crippen LogP contribution is 2.33. The Morgan fingerprint density at radius 1 is 0.789 bits per heavy atom. The molecule has 0 saturated carbocycles. The average molecular weight is 794 g/mol. The van der Waals surface area contributed by atoms with E-state index in [0.717, 1.165) is 0 Å². The number of guanidine groups is 1. The number of hydrogen-bond acceptors (Lipinski definition) is 12. The fourth-order valence-electron chi connectivity index (χ4n) is 5.61. The molecule has 0 bridgehead atoms. The maximum Gasteiger partial charge on any atom is 0.322 e. The molecule has 20 nitrogen and oxygen atoms in total. The second kappa shape index (κ2) is 20.7. The molecule has 0 fully saturated rings. The Balaban J connectivity index is 1.52. The van der Waals surface area contributed by atoms with Crippen molar-refractivity contribution >= 4 is 53.6 Å². The molecule has 306 valence electrons. The largest absolute Gasteiger partial charge is 0.480 e. The molecule has 0 radical (unpaired) electrons. The topological polar surface area (TPSA) is 310 Å². The quantitative estimate of drug-likeness (QED) is 0.0245. The molecule has 0 saturated heterocycles. The number of aliphatic imine (C=N–C) groups is 1. The predicted octanol–water partition coefficient (Wildman–Crippen LogP) is -0.828. The van der Waals surface area contributed by atoms with Crippen molar-refractivity contribution in [3.8, 4) is 23.0 Å². The number of ether oxygens (including phenoxy) is 4. The van der Waals surface area contributed by atoms with Gasteiger partial charge in [0.1, 0.15) is 24.3 Å². The number of carboxylic acid groups (broad SMARTS) is 1. The number of aliphatic carboxylic acids is 1. The van der Waals surface area contributed by atoms with Crippen LogP contribution in [0.1, 0.15) is 50.2 Å². The van der Waals surface area contributed by atoms with E-state index in [-0.39, 0.29) is 51.9 Å². The van der Waals surface area contributed by atoms with Crippen LogP contribution < -0.4 is 62.7 Å². The monoisotopic (exact) mass is 793 g/mol. The lowest BCUT2D eigenvalue weighted by Crippen LogP contribution is -2.61. The highest BCUT2D eigenvalue weighted by atomic mass is 16.7. The Bertz CT molecular complexity index is 1810. The van der Waals surface area contributed by atoms with Gasteiger partial charge in [0.15, 0.2) is 29.0 Å². The molecule has 2 aliphatic heterocycles. The minimum absolute atomic E-state index is 0.000675. The Kier molecular flexibility index (Phi) is 15.6. The normalized spacial score (nSPS) is 13.7. The van der Waals surface area contributed by atoms with Crippen LogP contribution in [-0.2, 0) is 28.8 Å². The van der Waals surface area contributed by atoms with E-state index < -0.39 is 66.2 Å². The van der Waals surface area contributed by atoms with E-state index >= 15 is 0 Å². The van der Waals surface area contributed by atoms with Crippen LogP contribution in [0, 0.1) is 0 Å². The SMILES string of the molecule is CC(CC(=O)N[C@@H](CCCN=C(N)N)C(=O)N[C@@H](CCCN)C(=O)NCC(=O)O)(NC(=O)/C=C/c1ccc2c(c1)OCO2)NC(=O)/C=C/c1ccc2c(c1)OCO2. The zero-order chi connectivity index (χ0) is 41.4. The van der Waals surface area contributed by atoms with E-state index in [9.17, 15) is 28.8 Å². The van der Waals surface area contributed by atoms with Crippen molar-refractivity contribution in [3.05, 3.63) is 59.7 Å². The van der Waals surface area contributed by atoms with Crippen molar-refractivity contribution in [1.82, 2.24) is 26.6 Å². The molecule has 0 unspecified atom stereocenters. The number of benzene rings is 2.